The van der Waals surface area contributed by atoms with E-state index in [2.05, 4.69) is 256 Å². The number of hydrogen-bond acceptors (Lipinski definition) is 2. The van der Waals surface area contributed by atoms with Gasteiger partial charge in [0.05, 0.1) is 0 Å². The van der Waals surface area contributed by atoms with E-state index >= 15 is 0 Å². The molecule has 0 atom stereocenters. The van der Waals surface area contributed by atoms with Crippen molar-refractivity contribution < 1.29 is 24.1 Å². The molecular weight excluding hydrogens is 1050 g/mol. The first-order valence-electron chi connectivity index (χ1n) is 24.7. The van der Waals surface area contributed by atoms with Gasteiger partial charge in [0.15, 0.2) is 0 Å². The van der Waals surface area contributed by atoms with Crippen molar-refractivity contribution in [2.45, 2.75) is 71.1 Å². The molecule has 0 fully saturated rings. The van der Waals surface area contributed by atoms with Crippen molar-refractivity contribution in [2.24, 2.45) is 0 Å². The van der Waals surface area contributed by atoms with Crippen LogP contribution in [0.4, 0.5) is 0 Å². The number of ether oxygens (including phenoxy) is 1. The monoisotopic (exact) mass is 1100 g/mol. The summed E-state index contributed by atoms with van der Waals surface area (Å²) in [6, 6.07) is 71.1. The molecule has 0 unspecified atom stereocenters. The Morgan fingerprint density at radius 2 is 1.27 bits per heavy atom. The van der Waals surface area contributed by atoms with Crippen molar-refractivity contribution in [3.63, 3.8) is 0 Å². The van der Waals surface area contributed by atoms with E-state index in [-0.39, 0.29) is 10.8 Å². The van der Waals surface area contributed by atoms with Gasteiger partial charge in [-0.25, -0.2) is 0 Å². The van der Waals surface area contributed by atoms with Crippen LogP contribution in [0, 0.1) is 15.9 Å². The fourth-order valence-electron chi connectivity index (χ4n) is 10.5. The summed E-state index contributed by atoms with van der Waals surface area (Å²) >= 11 is 2.48. The smallest absolute Gasteiger partial charge is 0.0622 e. The summed E-state index contributed by atoms with van der Waals surface area (Å²) in [5, 5.41) is 2.19. The van der Waals surface area contributed by atoms with E-state index in [1.54, 1.807) is 0 Å². The number of pyridine rings is 2. The van der Waals surface area contributed by atoms with Gasteiger partial charge in [0, 0.05) is 17.2 Å². The minimum atomic E-state index is -0.361. The molecule has 71 heavy (non-hydrogen) atoms. The van der Waals surface area contributed by atoms with Crippen LogP contribution in [0.3, 0.4) is 0 Å². The molecule has 352 valence electrons. The average molecular weight is 1100 g/mol. The Hall–Kier alpha value is -7.33. The van der Waals surface area contributed by atoms with E-state index in [1.807, 2.05) is 12.1 Å². The van der Waals surface area contributed by atoms with Gasteiger partial charge in [-0.05, 0) is 38.8 Å². The molecule has 6 heteroatoms. The van der Waals surface area contributed by atoms with Crippen LogP contribution in [0.15, 0.2) is 188 Å². The predicted molar refractivity (Wildman–Crippen MR) is 286 cm³/mol. The fraction of sp³-hybridized carbons (Fsp3) is 0.169. The standard InChI is InChI=1S/C65H54N4O.Pt/c1-64(2,3)50-30-26-47(27-31-50)58-41-66-63(40-59(58)65(4,5)51-15-10-7-11-16-51)69-60-36-29-49(46-13-8-6-9-14-46)37-57(60)56-35-34-55(39-61(56)69)70-54-18-12-17-53(38-54)67-42-62-48-25-23-44-19-21-45(22-20-44)24-32-52(33-28-48)68(62)43-67;/h6-22,26-31,33-37,40-42H,23-25,32H2,1-5H3;/q-2;. The minimum absolute atomic E-state index is 0.0481. The van der Waals surface area contributed by atoms with Crippen LogP contribution in [0.2, 0.25) is 0 Å². The maximum atomic E-state index is 6.79. The third-order valence-corrected chi connectivity index (χ3v) is 15.7. The molecule has 4 aromatic heterocycles. The number of hydrogen-bond donors (Lipinski definition) is 0. The first-order valence-corrected chi connectivity index (χ1v) is 25.8. The average Bonchev–Trinajstić information content (AvgIpc) is 3.91. The van der Waals surface area contributed by atoms with Crippen LogP contribution in [-0.2, 0) is 55.9 Å². The summed E-state index contributed by atoms with van der Waals surface area (Å²) in [4.78, 5) is 5.34. The molecule has 0 amide bonds. The normalized spacial score (nSPS) is 13.0. The molecular formula is C65H54N4OPt-2. The first-order chi connectivity index (χ1) is 34.5. The molecule has 7 aromatic carbocycles. The molecule has 6 heterocycles. The number of imidazole rings is 1. The zero-order chi connectivity index (χ0) is 48.4. The maximum absolute atomic E-state index is 6.79. The molecule has 4 aliphatic rings. The second-order valence-electron chi connectivity index (χ2n) is 20.6. The molecule has 5 nitrogen and oxygen atoms in total. The van der Waals surface area contributed by atoms with Crippen LogP contribution in [0.25, 0.3) is 61.1 Å². The number of aryl methyl sites for hydroxylation is 4. The van der Waals surface area contributed by atoms with E-state index in [9.17, 15) is 0 Å². The van der Waals surface area contributed by atoms with E-state index in [0.717, 1.165) is 79.5 Å². The Bertz CT molecular complexity index is 3850. The summed E-state index contributed by atoms with van der Waals surface area (Å²) in [6.07, 6.45) is 8.26. The molecule has 2 aliphatic heterocycles. The SMILES string of the molecule is CC(C)(C)c1ccc(-c2cnc(-n3c4[c-]c(Oc5[c-]c(-n6cc7c8ccc(n7[c]6=[Pt])CCc6ccc(cc6)CC8)ccc5)ccc4c4cc(-c5ccccc5)ccc43)cc2C(C)(C)c2ccccc2)cc1. The second-order valence-corrected chi connectivity index (χ2v) is 21.6. The third kappa shape index (κ3) is 8.30. The quantitative estimate of drug-likeness (QED) is 0.142. The molecule has 11 aromatic rings. The molecule has 0 saturated carbocycles. The Morgan fingerprint density at radius 3 is 2.01 bits per heavy atom. The first kappa shape index (κ1) is 44.8. The third-order valence-electron chi connectivity index (χ3n) is 14.7. The summed E-state index contributed by atoms with van der Waals surface area (Å²) < 4.78 is 14.9. The van der Waals surface area contributed by atoms with Gasteiger partial charge < -0.3 is 0 Å². The summed E-state index contributed by atoms with van der Waals surface area (Å²) in [5.41, 5.74) is 17.5. The Balaban J connectivity index is 0.977. The van der Waals surface area contributed by atoms with Gasteiger partial charge in [-0.3, -0.25) is 0 Å². The van der Waals surface area contributed by atoms with Crippen molar-refractivity contribution in [3.8, 4) is 45.3 Å². The number of rotatable bonds is 8. The number of nitrogens with zero attached hydrogens (tertiary/aromatic N) is 4. The number of fused-ring (bicyclic) bond motifs is 3. The molecule has 4 bridgehead atoms. The van der Waals surface area contributed by atoms with E-state index < -0.39 is 0 Å². The van der Waals surface area contributed by atoms with E-state index in [0.29, 0.717) is 11.5 Å². The second kappa shape index (κ2) is 17.8. The van der Waals surface area contributed by atoms with Crippen molar-refractivity contribution >= 4 is 27.3 Å². The van der Waals surface area contributed by atoms with Crippen molar-refractivity contribution in [1.29, 1.82) is 0 Å². The number of aromatic nitrogens is 4. The van der Waals surface area contributed by atoms with Gasteiger partial charge in [-0.1, -0.05) is 126 Å². The van der Waals surface area contributed by atoms with E-state index in [1.165, 1.54) is 50.2 Å². The summed E-state index contributed by atoms with van der Waals surface area (Å²) in [5.74, 6) is 2.03. The summed E-state index contributed by atoms with van der Waals surface area (Å²) in [6.45, 7) is 11.4. The van der Waals surface area contributed by atoms with Crippen molar-refractivity contribution in [2.75, 3.05) is 0 Å². The van der Waals surface area contributed by atoms with Crippen LogP contribution >= 0.6 is 0 Å². The van der Waals surface area contributed by atoms with Crippen molar-refractivity contribution in [1.82, 2.24) is 18.5 Å². The van der Waals surface area contributed by atoms with Gasteiger partial charge in [0.1, 0.15) is 0 Å². The van der Waals surface area contributed by atoms with Gasteiger partial charge in [-0.15, -0.1) is 0 Å². The van der Waals surface area contributed by atoms with Gasteiger partial charge in [0.25, 0.3) is 0 Å². The minimum Gasteiger partial charge on any atom is -0.0622 e. The Labute approximate surface area is 427 Å². The predicted octanol–water partition coefficient (Wildman–Crippen LogP) is 15.5. The van der Waals surface area contributed by atoms with Gasteiger partial charge in [-0.2, -0.15) is 0 Å². The van der Waals surface area contributed by atoms with Crippen LogP contribution < -0.4 is 4.74 Å². The molecule has 0 saturated heterocycles. The zero-order valence-corrected chi connectivity index (χ0v) is 43.0. The van der Waals surface area contributed by atoms with Gasteiger partial charge >= 0.3 is 248 Å². The Morgan fingerprint density at radius 1 is 0.563 bits per heavy atom. The molecule has 0 N–H and O–H groups in total. The molecule has 0 spiro atoms. The van der Waals surface area contributed by atoms with E-state index in [4.69, 9.17) is 9.72 Å². The zero-order valence-electron chi connectivity index (χ0n) is 40.7. The number of benzene rings is 7. The summed E-state index contributed by atoms with van der Waals surface area (Å²) in [7, 11) is 0. The molecule has 2 aliphatic carbocycles. The Kier molecular flexibility index (Phi) is 11.3. The molecule has 15 rings (SSSR count). The van der Waals surface area contributed by atoms with Crippen LogP contribution in [0.1, 0.15) is 73.7 Å². The van der Waals surface area contributed by atoms with Crippen LogP contribution in [0.5, 0.6) is 11.5 Å². The van der Waals surface area contributed by atoms with Crippen molar-refractivity contribution in [3.05, 3.63) is 243 Å². The van der Waals surface area contributed by atoms with Gasteiger partial charge in [0.2, 0.25) is 0 Å². The molecule has 0 radical (unpaired) electrons. The topological polar surface area (TPSA) is 36.4 Å². The fourth-order valence-corrected chi connectivity index (χ4v) is 11.5. The van der Waals surface area contributed by atoms with Crippen LogP contribution in [-0.4, -0.2) is 18.5 Å².